The molecular weight excluding hydrogens is 326 g/mol. The van der Waals surface area contributed by atoms with Crippen LogP contribution >= 0.6 is 11.6 Å². The number of H-pyrrole nitrogens is 1. The molecule has 2 aromatic rings. The Morgan fingerprint density at radius 1 is 1.21 bits per heavy atom. The Hall–Kier alpha value is -2.01. The Labute approximate surface area is 145 Å². The molecule has 1 aliphatic heterocycles. The standard InChI is InChI=1S/C18H20ClN3O2/c19-12-4-6-13(7-5-12)24-14-8-10-22(11-9-14)18(23)17-15-2-1-3-16(15)20-21-17/h4-7,14H,1-3,8-11H2,(H,20,21). The number of carbonyl (C=O) groups excluding carboxylic acids is 1. The van der Waals surface area contributed by atoms with Gasteiger partial charge < -0.3 is 9.64 Å². The number of benzene rings is 1. The van der Waals surface area contributed by atoms with Gasteiger partial charge in [0.05, 0.1) is 0 Å². The number of hydrogen-bond donors (Lipinski definition) is 1. The highest BCUT2D eigenvalue weighted by atomic mass is 35.5. The third-order valence-corrected chi connectivity index (χ3v) is 5.11. The van der Waals surface area contributed by atoms with Crippen LogP contribution in [0.5, 0.6) is 5.75 Å². The van der Waals surface area contributed by atoms with Crippen molar-refractivity contribution in [1.82, 2.24) is 15.1 Å². The zero-order valence-corrected chi connectivity index (χ0v) is 14.2. The van der Waals surface area contributed by atoms with Gasteiger partial charge in [-0.05, 0) is 43.5 Å². The van der Waals surface area contributed by atoms with Crippen LogP contribution in [0.4, 0.5) is 0 Å². The van der Waals surface area contributed by atoms with Crippen molar-refractivity contribution in [3.8, 4) is 5.75 Å². The molecule has 1 aliphatic carbocycles. The summed E-state index contributed by atoms with van der Waals surface area (Å²) in [7, 11) is 0. The van der Waals surface area contributed by atoms with Crippen LogP contribution in [0.2, 0.25) is 5.02 Å². The molecule has 4 rings (SSSR count). The summed E-state index contributed by atoms with van der Waals surface area (Å²) in [5, 5.41) is 7.97. The molecule has 0 radical (unpaired) electrons. The second-order valence-corrected chi connectivity index (χ2v) is 6.88. The number of carbonyl (C=O) groups is 1. The molecule has 2 aliphatic rings. The minimum atomic E-state index is 0.0549. The molecule has 1 fully saturated rings. The highest BCUT2D eigenvalue weighted by Gasteiger charge is 2.29. The smallest absolute Gasteiger partial charge is 0.274 e. The molecule has 126 valence electrons. The first-order chi connectivity index (χ1) is 11.7. The van der Waals surface area contributed by atoms with Gasteiger partial charge in [0.1, 0.15) is 11.9 Å². The third kappa shape index (κ3) is 3.00. The lowest BCUT2D eigenvalue weighted by Crippen LogP contribution is -2.42. The molecule has 1 N–H and O–H groups in total. The summed E-state index contributed by atoms with van der Waals surface area (Å²) in [4.78, 5) is 14.6. The van der Waals surface area contributed by atoms with Crippen molar-refractivity contribution < 1.29 is 9.53 Å². The minimum absolute atomic E-state index is 0.0549. The molecule has 6 heteroatoms. The van der Waals surface area contributed by atoms with Crippen LogP contribution in [0.3, 0.4) is 0 Å². The number of amides is 1. The molecule has 0 saturated carbocycles. The van der Waals surface area contributed by atoms with Crippen LogP contribution in [0, 0.1) is 0 Å². The number of ether oxygens (including phenoxy) is 1. The highest BCUT2D eigenvalue weighted by molar-refractivity contribution is 6.30. The topological polar surface area (TPSA) is 58.2 Å². The predicted molar refractivity (Wildman–Crippen MR) is 91.6 cm³/mol. The van der Waals surface area contributed by atoms with E-state index >= 15 is 0 Å². The van der Waals surface area contributed by atoms with E-state index in [2.05, 4.69) is 10.2 Å². The summed E-state index contributed by atoms with van der Waals surface area (Å²) < 4.78 is 5.98. The van der Waals surface area contributed by atoms with Crippen molar-refractivity contribution in [3.63, 3.8) is 0 Å². The van der Waals surface area contributed by atoms with E-state index in [0.29, 0.717) is 23.8 Å². The van der Waals surface area contributed by atoms with E-state index < -0.39 is 0 Å². The lowest BCUT2D eigenvalue weighted by Gasteiger charge is -2.32. The van der Waals surface area contributed by atoms with Crippen LogP contribution in [-0.2, 0) is 12.8 Å². The second-order valence-electron chi connectivity index (χ2n) is 6.45. The summed E-state index contributed by atoms with van der Waals surface area (Å²) in [5.41, 5.74) is 2.89. The minimum Gasteiger partial charge on any atom is -0.490 e. The van der Waals surface area contributed by atoms with Gasteiger partial charge in [-0.2, -0.15) is 5.10 Å². The number of aryl methyl sites for hydroxylation is 1. The fourth-order valence-electron chi connectivity index (χ4n) is 3.53. The van der Waals surface area contributed by atoms with Crippen molar-refractivity contribution in [1.29, 1.82) is 0 Å². The van der Waals surface area contributed by atoms with Crippen molar-refractivity contribution in [2.75, 3.05) is 13.1 Å². The van der Waals surface area contributed by atoms with Crippen molar-refractivity contribution in [2.24, 2.45) is 0 Å². The molecule has 0 unspecified atom stereocenters. The maximum absolute atomic E-state index is 12.7. The summed E-state index contributed by atoms with van der Waals surface area (Å²) in [6, 6.07) is 7.42. The zero-order chi connectivity index (χ0) is 16.5. The molecule has 2 heterocycles. The first-order valence-electron chi connectivity index (χ1n) is 8.48. The van der Waals surface area contributed by atoms with Gasteiger partial charge in [-0.15, -0.1) is 0 Å². The van der Waals surface area contributed by atoms with E-state index in [-0.39, 0.29) is 12.0 Å². The Bertz CT molecular complexity index is 733. The SMILES string of the molecule is O=C(c1n[nH]c2c1CCC2)N1CCC(Oc2ccc(Cl)cc2)CC1. The van der Waals surface area contributed by atoms with Gasteiger partial charge in [0.15, 0.2) is 5.69 Å². The quantitative estimate of drug-likeness (QED) is 0.929. The Morgan fingerprint density at radius 2 is 1.96 bits per heavy atom. The van der Waals surface area contributed by atoms with E-state index in [1.54, 1.807) is 0 Å². The molecule has 1 saturated heterocycles. The maximum Gasteiger partial charge on any atom is 0.274 e. The zero-order valence-electron chi connectivity index (χ0n) is 13.4. The number of nitrogens with zero attached hydrogens (tertiary/aromatic N) is 2. The number of aromatic nitrogens is 2. The van der Waals surface area contributed by atoms with E-state index in [9.17, 15) is 4.79 Å². The van der Waals surface area contributed by atoms with Gasteiger partial charge >= 0.3 is 0 Å². The van der Waals surface area contributed by atoms with Crippen molar-refractivity contribution >= 4 is 17.5 Å². The fourth-order valence-corrected chi connectivity index (χ4v) is 3.65. The largest absolute Gasteiger partial charge is 0.490 e. The number of halogens is 1. The Morgan fingerprint density at radius 3 is 2.71 bits per heavy atom. The van der Waals surface area contributed by atoms with Crippen molar-refractivity contribution in [2.45, 2.75) is 38.2 Å². The fraction of sp³-hybridized carbons (Fsp3) is 0.444. The van der Waals surface area contributed by atoms with Crippen LogP contribution in [0.15, 0.2) is 24.3 Å². The van der Waals surface area contributed by atoms with Gasteiger partial charge in [0, 0.05) is 42.2 Å². The molecular formula is C18H20ClN3O2. The Balaban J connectivity index is 1.35. The second kappa shape index (κ2) is 6.48. The monoisotopic (exact) mass is 345 g/mol. The summed E-state index contributed by atoms with van der Waals surface area (Å²) >= 11 is 5.89. The number of nitrogens with one attached hydrogen (secondary N) is 1. The van der Waals surface area contributed by atoms with Gasteiger partial charge in [0.25, 0.3) is 5.91 Å². The van der Waals surface area contributed by atoms with Gasteiger partial charge in [-0.3, -0.25) is 9.89 Å². The molecule has 1 aromatic heterocycles. The summed E-state index contributed by atoms with van der Waals surface area (Å²) in [6.45, 7) is 1.41. The molecule has 5 nitrogen and oxygen atoms in total. The molecule has 0 bridgehead atoms. The lowest BCUT2D eigenvalue weighted by molar-refractivity contribution is 0.0589. The molecule has 1 aromatic carbocycles. The first-order valence-corrected chi connectivity index (χ1v) is 8.86. The average Bonchev–Trinajstić information content (AvgIpc) is 3.20. The Kier molecular flexibility index (Phi) is 4.19. The van der Waals surface area contributed by atoms with Crippen LogP contribution < -0.4 is 4.74 Å². The number of aromatic amines is 1. The molecule has 0 spiro atoms. The number of fused-ring (bicyclic) bond motifs is 1. The average molecular weight is 346 g/mol. The maximum atomic E-state index is 12.7. The predicted octanol–water partition coefficient (Wildman–Crippen LogP) is 3.24. The van der Waals surface area contributed by atoms with E-state index in [1.165, 1.54) is 0 Å². The summed E-state index contributed by atoms with van der Waals surface area (Å²) in [6.07, 6.45) is 4.89. The van der Waals surface area contributed by atoms with E-state index in [0.717, 1.165) is 49.1 Å². The summed E-state index contributed by atoms with van der Waals surface area (Å²) in [5.74, 6) is 0.883. The van der Waals surface area contributed by atoms with E-state index in [4.69, 9.17) is 16.3 Å². The number of piperidine rings is 1. The van der Waals surface area contributed by atoms with Crippen LogP contribution in [0.1, 0.15) is 41.0 Å². The van der Waals surface area contributed by atoms with Gasteiger partial charge in [-0.25, -0.2) is 0 Å². The molecule has 24 heavy (non-hydrogen) atoms. The van der Waals surface area contributed by atoms with Gasteiger partial charge in [0.2, 0.25) is 0 Å². The first kappa shape index (κ1) is 15.5. The van der Waals surface area contributed by atoms with Crippen LogP contribution in [0.25, 0.3) is 0 Å². The molecule has 0 atom stereocenters. The van der Waals surface area contributed by atoms with Gasteiger partial charge in [-0.1, -0.05) is 11.6 Å². The molecule has 1 amide bonds. The van der Waals surface area contributed by atoms with Crippen LogP contribution in [-0.4, -0.2) is 40.2 Å². The lowest BCUT2D eigenvalue weighted by atomic mass is 10.1. The normalized spacial score (nSPS) is 17.8. The third-order valence-electron chi connectivity index (χ3n) is 4.85. The number of hydrogen-bond acceptors (Lipinski definition) is 3. The van der Waals surface area contributed by atoms with E-state index in [1.807, 2.05) is 29.2 Å². The number of likely N-dealkylation sites (tertiary alicyclic amines) is 1. The highest BCUT2D eigenvalue weighted by Crippen LogP contribution is 2.26. The number of rotatable bonds is 3. The van der Waals surface area contributed by atoms with Crippen molar-refractivity contribution in [3.05, 3.63) is 46.2 Å².